The highest BCUT2D eigenvalue weighted by Crippen LogP contribution is 2.24. The lowest BCUT2D eigenvalue weighted by atomic mass is 10.1. The van der Waals surface area contributed by atoms with Gasteiger partial charge < -0.3 is 14.5 Å². The first-order chi connectivity index (χ1) is 12.7. The number of halogens is 1. The summed E-state index contributed by atoms with van der Waals surface area (Å²) in [5.74, 6) is -1.14. The van der Waals surface area contributed by atoms with E-state index in [-0.39, 0.29) is 11.5 Å². The molecule has 0 radical (unpaired) electrons. The summed E-state index contributed by atoms with van der Waals surface area (Å²) in [5.41, 5.74) is 2.40. The topological polar surface area (TPSA) is 95.1 Å². The predicted octanol–water partition coefficient (Wildman–Crippen LogP) is 1.65. The van der Waals surface area contributed by atoms with Gasteiger partial charge in [0.25, 0.3) is 5.91 Å². The number of hydrogen-bond donors (Lipinski definition) is 1. The molecule has 8 nitrogen and oxygen atoms in total. The molecule has 0 bridgehead atoms. The molecule has 4 heterocycles. The number of fused-ring (bicyclic) bond motifs is 1. The molecule has 26 heavy (non-hydrogen) atoms. The molecule has 1 N–H and O–H groups in total. The average Bonchev–Trinajstić information content (AvgIpc) is 3.26. The van der Waals surface area contributed by atoms with Gasteiger partial charge in [-0.25, -0.2) is 9.07 Å². The van der Waals surface area contributed by atoms with Crippen molar-refractivity contribution in [3.05, 3.63) is 54.1 Å². The number of rotatable bonds is 4. The number of aromatic nitrogens is 4. The molecule has 3 aromatic heterocycles. The molecule has 9 heteroatoms. The predicted molar refractivity (Wildman–Crippen MR) is 87.4 cm³/mol. The maximum atomic E-state index is 13.6. The van der Waals surface area contributed by atoms with Gasteiger partial charge in [0.05, 0.1) is 43.2 Å². The summed E-state index contributed by atoms with van der Waals surface area (Å²) in [6, 6.07) is 3.16. The molecular formula is C17H16FN5O3. The van der Waals surface area contributed by atoms with Crippen molar-refractivity contribution in [3.8, 4) is 11.3 Å². The van der Waals surface area contributed by atoms with Crippen LogP contribution in [0, 0.1) is 11.7 Å². The Bertz CT molecular complexity index is 909. The molecule has 1 atom stereocenters. The van der Waals surface area contributed by atoms with Crippen molar-refractivity contribution in [3.63, 3.8) is 0 Å². The molecular weight excluding hydrogens is 341 g/mol. The van der Waals surface area contributed by atoms with Crippen LogP contribution in [0.15, 0.2) is 41.5 Å². The first-order valence-corrected chi connectivity index (χ1v) is 8.12. The molecule has 0 aromatic carbocycles. The molecule has 0 saturated carbocycles. The number of carbonyl (C=O) groups excluding carboxylic acids is 1. The minimum atomic E-state index is -0.648. The van der Waals surface area contributed by atoms with Gasteiger partial charge in [0.1, 0.15) is 5.69 Å². The lowest BCUT2D eigenvalue weighted by Gasteiger charge is -2.15. The van der Waals surface area contributed by atoms with Crippen LogP contribution in [-0.4, -0.2) is 39.0 Å². The van der Waals surface area contributed by atoms with Gasteiger partial charge in [0, 0.05) is 30.8 Å². The number of amides is 1. The second-order valence-corrected chi connectivity index (χ2v) is 6.03. The zero-order valence-electron chi connectivity index (χ0n) is 13.8. The Hall–Kier alpha value is -3.07. The smallest absolute Gasteiger partial charge is 0.254 e. The number of carbonyl (C=O) groups is 1. The van der Waals surface area contributed by atoms with Crippen molar-refractivity contribution in [2.24, 2.45) is 5.92 Å². The Balaban J connectivity index is 1.44. The van der Waals surface area contributed by atoms with E-state index < -0.39 is 11.7 Å². The standard InChI is InChI=1S/C17H16FN5O3/c18-14-6-19-3-1-13(14)17(24)20-5-11-7-23-15(10-26-8-11)16(21-22-23)12-2-4-25-9-12/h1-4,6,9,11H,5,7-8,10H2,(H,20,24). The van der Waals surface area contributed by atoms with Crippen molar-refractivity contribution in [1.29, 1.82) is 0 Å². The largest absolute Gasteiger partial charge is 0.472 e. The monoisotopic (exact) mass is 357 g/mol. The van der Waals surface area contributed by atoms with E-state index in [4.69, 9.17) is 9.15 Å². The van der Waals surface area contributed by atoms with E-state index in [9.17, 15) is 9.18 Å². The van der Waals surface area contributed by atoms with Crippen LogP contribution in [0.25, 0.3) is 11.3 Å². The first-order valence-electron chi connectivity index (χ1n) is 8.12. The lowest BCUT2D eigenvalue weighted by molar-refractivity contribution is 0.0850. The summed E-state index contributed by atoms with van der Waals surface area (Å²) in [5, 5.41) is 11.1. The number of nitrogens with zero attached hydrogens (tertiary/aromatic N) is 4. The second kappa shape index (κ2) is 7.04. The second-order valence-electron chi connectivity index (χ2n) is 6.03. The Morgan fingerprint density at radius 1 is 1.42 bits per heavy atom. The maximum absolute atomic E-state index is 13.6. The third kappa shape index (κ3) is 3.21. The molecule has 4 rings (SSSR count). The molecule has 0 spiro atoms. The summed E-state index contributed by atoms with van der Waals surface area (Å²) in [6.07, 6.45) is 5.58. The fraction of sp³-hybridized carbons (Fsp3) is 0.294. The van der Waals surface area contributed by atoms with Crippen molar-refractivity contribution < 1.29 is 18.3 Å². The van der Waals surface area contributed by atoms with Crippen LogP contribution in [0.5, 0.6) is 0 Å². The quantitative estimate of drug-likeness (QED) is 0.763. The molecule has 1 amide bonds. The molecule has 3 aromatic rings. The van der Waals surface area contributed by atoms with E-state index in [0.29, 0.717) is 26.3 Å². The zero-order chi connectivity index (χ0) is 17.9. The number of furan rings is 1. The summed E-state index contributed by atoms with van der Waals surface area (Å²) in [4.78, 5) is 15.8. The van der Waals surface area contributed by atoms with E-state index in [0.717, 1.165) is 23.1 Å². The fourth-order valence-corrected chi connectivity index (χ4v) is 2.88. The molecule has 1 unspecified atom stereocenters. The van der Waals surface area contributed by atoms with E-state index in [1.54, 1.807) is 17.2 Å². The number of nitrogens with one attached hydrogen (secondary N) is 1. The highest BCUT2D eigenvalue weighted by atomic mass is 19.1. The van der Waals surface area contributed by atoms with Crippen LogP contribution in [0.4, 0.5) is 4.39 Å². The van der Waals surface area contributed by atoms with Crippen LogP contribution in [0.1, 0.15) is 16.1 Å². The normalized spacial score (nSPS) is 16.7. The minimum absolute atomic E-state index is 0.0102. The molecule has 0 saturated heterocycles. The van der Waals surface area contributed by atoms with Crippen LogP contribution in [-0.2, 0) is 17.9 Å². The van der Waals surface area contributed by atoms with E-state index >= 15 is 0 Å². The molecule has 0 aliphatic carbocycles. The number of ether oxygens (including phenoxy) is 1. The molecule has 1 aliphatic heterocycles. The van der Waals surface area contributed by atoms with Gasteiger partial charge in [-0.1, -0.05) is 5.21 Å². The van der Waals surface area contributed by atoms with Crippen molar-refractivity contribution in [2.45, 2.75) is 13.2 Å². The number of pyridine rings is 1. The van der Waals surface area contributed by atoms with Gasteiger partial charge in [-0.15, -0.1) is 5.10 Å². The third-order valence-electron chi connectivity index (χ3n) is 4.22. The average molecular weight is 357 g/mol. The highest BCUT2D eigenvalue weighted by Gasteiger charge is 2.23. The molecule has 134 valence electrons. The highest BCUT2D eigenvalue weighted by molar-refractivity contribution is 5.94. The van der Waals surface area contributed by atoms with Gasteiger partial charge in [-0.2, -0.15) is 0 Å². The lowest BCUT2D eigenvalue weighted by Crippen LogP contribution is -2.33. The van der Waals surface area contributed by atoms with Crippen LogP contribution < -0.4 is 5.32 Å². The van der Waals surface area contributed by atoms with E-state index in [1.807, 2.05) is 6.07 Å². The van der Waals surface area contributed by atoms with E-state index in [1.165, 1.54) is 12.3 Å². The Kier molecular flexibility index (Phi) is 4.44. The Labute approximate surface area is 148 Å². The van der Waals surface area contributed by atoms with Gasteiger partial charge in [0.2, 0.25) is 0 Å². The SMILES string of the molecule is O=C(NCC1COCc2c(-c3ccoc3)nnn2C1)c1ccncc1F. The minimum Gasteiger partial charge on any atom is -0.472 e. The van der Waals surface area contributed by atoms with Crippen molar-refractivity contribution in [1.82, 2.24) is 25.3 Å². The third-order valence-corrected chi connectivity index (χ3v) is 4.22. The fourth-order valence-electron chi connectivity index (χ4n) is 2.88. The molecule has 1 aliphatic rings. The summed E-state index contributed by atoms with van der Waals surface area (Å²) >= 11 is 0. The molecule has 0 fully saturated rings. The van der Waals surface area contributed by atoms with Crippen LogP contribution in [0.3, 0.4) is 0 Å². The van der Waals surface area contributed by atoms with Crippen molar-refractivity contribution >= 4 is 5.91 Å². The van der Waals surface area contributed by atoms with Gasteiger partial charge in [-0.3, -0.25) is 9.78 Å². The zero-order valence-corrected chi connectivity index (χ0v) is 13.8. The summed E-state index contributed by atoms with van der Waals surface area (Å²) in [7, 11) is 0. The first kappa shape index (κ1) is 16.4. The Morgan fingerprint density at radius 2 is 2.35 bits per heavy atom. The van der Waals surface area contributed by atoms with Crippen LogP contribution >= 0.6 is 0 Å². The van der Waals surface area contributed by atoms with Gasteiger partial charge in [0.15, 0.2) is 5.82 Å². The van der Waals surface area contributed by atoms with Crippen LogP contribution in [0.2, 0.25) is 0 Å². The van der Waals surface area contributed by atoms with Gasteiger partial charge >= 0.3 is 0 Å². The van der Waals surface area contributed by atoms with Crippen molar-refractivity contribution in [2.75, 3.05) is 13.2 Å². The van der Waals surface area contributed by atoms with Gasteiger partial charge in [-0.05, 0) is 12.1 Å². The summed E-state index contributed by atoms with van der Waals surface area (Å²) < 4.78 is 26.2. The number of hydrogen-bond acceptors (Lipinski definition) is 6. The van der Waals surface area contributed by atoms with E-state index in [2.05, 4.69) is 20.6 Å². The maximum Gasteiger partial charge on any atom is 0.254 e. The Morgan fingerprint density at radius 3 is 3.15 bits per heavy atom. The summed E-state index contributed by atoms with van der Waals surface area (Å²) in [6.45, 7) is 1.70.